The zero-order valence-corrected chi connectivity index (χ0v) is 21.9. The van der Waals surface area contributed by atoms with Gasteiger partial charge in [0.15, 0.2) is 21.7 Å². The second-order valence-electron chi connectivity index (χ2n) is 10.2. The molecule has 36 heavy (non-hydrogen) atoms. The minimum atomic E-state index is -0.234. The van der Waals surface area contributed by atoms with Crippen LogP contribution in [0.5, 0.6) is 0 Å². The number of nitrogens with zero attached hydrogens (tertiary/aromatic N) is 4. The van der Waals surface area contributed by atoms with E-state index < -0.39 is 0 Å². The topological polar surface area (TPSA) is 54.7 Å². The minimum absolute atomic E-state index is 0.234. The summed E-state index contributed by atoms with van der Waals surface area (Å²) in [6.07, 6.45) is 11.8. The Bertz CT molecular complexity index is 1340. The van der Waals surface area contributed by atoms with Crippen LogP contribution in [0.25, 0.3) is 27.9 Å². The minimum Gasteiger partial charge on any atom is -0.316 e. The van der Waals surface area contributed by atoms with E-state index >= 15 is 0 Å². The molecule has 2 aliphatic heterocycles. The van der Waals surface area contributed by atoms with Gasteiger partial charge in [0, 0.05) is 49.2 Å². The lowest BCUT2D eigenvalue weighted by atomic mass is 9.73. The molecule has 2 saturated heterocycles. The number of likely N-dealkylation sites (tertiary alicyclic amines) is 1. The lowest BCUT2D eigenvalue weighted by molar-refractivity contribution is 0.0560. The lowest BCUT2D eigenvalue weighted by Crippen LogP contribution is -2.58. The van der Waals surface area contributed by atoms with Crippen LogP contribution in [0.3, 0.4) is 0 Å². The highest BCUT2D eigenvalue weighted by Gasteiger charge is 2.39. The van der Waals surface area contributed by atoms with E-state index in [-0.39, 0.29) is 11.2 Å². The molecule has 6 rings (SSSR count). The number of hydrogen-bond acceptors (Lipinski definition) is 5. The molecule has 2 aliphatic rings. The molecule has 4 aromatic rings. The van der Waals surface area contributed by atoms with Crippen molar-refractivity contribution in [1.82, 2.24) is 24.8 Å². The highest BCUT2D eigenvalue weighted by molar-refractivity contribution is 7.91. The van der Waals surface area contributed by atoms with Crippen LogP contribution in [-0.2, 0) is 21.8 Å². The lowest BCUT2D eigenvalue weighted by Gasteiger charge is -2.48. The molecule has 1 atom stereocenters. The van der Waals surface area contributed by atoms with Gasteiger partial charge in [-0.25, -0.2) is 9.50 Å². The Morgan fingerprint density at radius 1 is 1.00 bits per heavy atom. The van der Waals surface area contributed by atoms with Crippen LogP contribution in [0.2, 0.25) is 0 Å². The van der Waals surface area contributed by atoms with Crippen LogP contribution in [-0.4, -0.2) is 65.6 Å². The summed E-state index contributed by atoms with van der Waals surface area (Å²) < 4.78 is 7.40. The molecule has 1 spiro atoms. The van der Waals surface area contributed by atoms with E-state index in [4.69, 9.17) is 9.17 Å². The van der Waals surface area contributed by atoms with E-state index in [1.54, 1.807) is 7.11 Å². The highest BCUT2D eigenvalue weighted by atomic mass is 32.2. The first-order valence-electron chi connectivity index (χ1n) is 12.8. The Hall–Kier alpha value is -2.71. The van der Waals surface area contributed by atoms with Crippen LogP contribution in [0.1, 0.15) is 18.4 Å². The maximum Gasteiger partial charge on any atom is 0.190 e. The summed E-state index contributed by atoms with van der Waals surface area (Å²) in [6, 6.07) is 17.4. The average Bonchev–Trinajstić information content (AvgIpc) is 3.34. The van der Waals surface area contributed by atoms with Gasteiger partial charge in [0.05, 0.1) is 13.3 Å². The van der Waals surface area contributed by atoms with Gasteiger partial charge in [-0.2, -0.15) is 9.28 Å². The summed E-state index contributed by atoms with van der Waals surface area (Å²) in [4.78, 5) is 8.60. The standard InChI is InChI=1S/C29H34N5OS/c1-35-36(2)26-5-3-4-24(16-26)27-18-32-34-19-25(17-31-28(27)34)23-8-6-22(7-9-23)10-13-33-14-11-29(12-15-33)20-30-21-29/h3-9,16-19,30H,10-15,20-21H2,1-2H3/q+1. The van der Waals surface area contributed by atoms with Crippen molar-refractivity contribution in [2.24, 2.45) is 5.41 Å². The summed E-state index contributed by atoms with van der Waals surface area (Å²) in [5, 5.41) is 8.07. The summed E-state index contributed by atoms with van der Waals surface area (Å²) in [5.41, 5.74) is 7.26. The van der Waals surface area contributed by atoms with Crippen molar-refractivity contribution >= 4 is 16.8 Å². The van der Waals surface area contributed by atoms with Gasteiger partial charge in [-0.3, -0.25) is 0 Å². The number of benzene rings is 2. The van der Waals surface area contributed by atoms with E-state index in [0.717, 1.165) is 35.3 Å². The first-order chi connectivity index (χ1) is 17.6. The predicted molar refractivity (Wildman–Crippen MR) is 147 cm³/mol. The summed E-state index contributed by atoms with van der Waals surface area (Å²) in [5.74, 6) is 0. The number of hydrogen-bond donors (Lipinski definition) is 1. The van der Waals surface area contributed by atoms with Gasteiger partial charge in [0.1, 0.15) is 6.26 Å². The van der Waals surface area contributed by atoms with Crippen molar-refractivity contribution in [3.05, 3.63) is 72.7 Å². The predicted octanol–water partition coefficient (Wildman–Crippen LogP) is 4.46. The van der Waals surface area contributed by atoms with Crippen LogP contribution in [0.15, 0.2) is 72.0 Å². The third kappa shape index (κ3) is 4.68. The molecule has 1 unspecified atom stereocenters. The third-order valence-corrected chi connectivity index (χ3v) is 9.42. The normalized spacial score (nSPS) is 18.4. The van der Waals surface area contributed by atoms with Crippen molar-refractivity contribution in [1.29, 1.82) is 0 Å². The Kier molecular flexibility index (Phi) is 6.56. The number of rotatable bonds is 7. The molecule has 1 N–H and O–H groups in total. The van der Waals surface area contributed by atoms with Gasteiger partial charge < -0.3 is 10.2 Å². The van der Waals surface area contributed by atoms with Gasteiger partial charge in [-0.05, 0) is 60.5 Å². The van der Waals surface area contributed by atoms with Gasteiger partial charge in [-0.15, -0.1) is 0 Å². The van der Waals surface area contributed by atoms with Gasteiger partial charge in [0.25, 0.3) is 0 Å². The number of aromatic nitrogens is 3. The average molecular weight is 501 g/mol. The van der Waals surface area contributed by atoms with Crippen LogP contribution in [0.4, 0.5) is 0 Å². The fraction of sp³-hybridized carbons (Fsp3) is 0.379. The summed E-state index contributed by atoms with van der Waals surface area (Å²) in [6.45, 7) is 6.09. The maximum atomic E-state index is 5.52. The molecule has 2 aromatic heterocycles. The van der Waals surface area contributed by atoms with Crippen molar-refractivity contribution in [3.63, 3.8) is 0 Å². The molecule has 0 saturated carbocycles. The Balaban J connectivity index is 1.13. The molecule has 2 aromatic carbocycles. The first kappa shape index (κ1) is 23.7. The van der Waals surface area contributed by atoms with Crippen molar-refractivity contribution < 1.29 is 4.18 Å². The Morgan fingerprint density at radius 2 is 1.81 bits per heavy atom. The molecule has 0 amide bonds. The third-order valence-electron chi connectivity index (χ3n) is 8.00. The summed E-state index contributed by atoms with van der Waals surface area (Å²) in [7, 11) is 1.75. The van der Waals surface area contributed by atoms with E-state index in [1.165, 1.54) is 55.0 Å². The van der Waals surface area contributed by atoms with Crippen molar-refractivity contribution in [2.75, 3.05) is 46.1 Å². The highest BCUT2D eigenvalue weighted by Crippen LogP contribution is 2.35. The molecule has 0 bridgehead atoms. The van der Waals surface area contributed by atoms with Gasteiger partial charge in [0.2, 0.25) is 0 Å². The SMILES string of the molecule is CO[S+](C)c1cccc(-c2cnn3cc(-c4ccc(CCN5CCC6(CC5)CNC6)cc4)cnc23)c1. The number of fused-ring (bicyclic) bond motifs is 1. The second kappa shape index (κ2) is 9.98. The van der Waals surface area contributed by atoms with E-state index in [9.17, 15) is 0 Å². The maximum absolute atomic E-state index is 5.52. The second-order valence-corrected chi connectivity index (χ2v) is 11.9. The molecular weight excluding hydrogens is 466 g/mol. The van der Waals surface area contributed by atoms with E-state index in [2.05, 4.69) is 76.3 Å². The molecule has 0 radical (unpaired) electrons. The van der Waals surface area contributed by atoms with E-state index in [1.807, 2.05) is 16.9 Å². The zero-order valence-electron chi connectivity index (χ0n) is 21.1. The van der Waals surface area contributed by atoms with Crippen LogP contribution < -0.4 is 5.32 Å². The zero-order chi connectivity index (χ0) is 24.5. The molecule has 7 heteroatoms. The quantitative estimate of drug-likeness (QED) is 0.380. The first-order valence-corrected chi connectivity index (χ1v) is 14.3. The summed E-state index contributed by atoms with van der Waals surface area (Å²) >= 11 is -0.234. The van der Waals surface area contributed by atoms with Crippen LogP contribution >= 0.6 is 0 Å². The number of piperidine rings is 1. The largest absolute Gasteiger partial charge is 0.316 e. The Labute approximate surface area is 216 Å². The molecular formula is C29H34N5OS+. The molecule has 2 fully saturated rings. The molecule has 186 valence electrons. The van der Waals surface area contributed by atoms with Crippen molar-refractivity contribution in [2.45, 2.75) is 24.2 Å². The fourth-order valence-corrected chi connectivity index (χ4v) is 6.16. The smallest absolute Gasteiger partial charge is 0.190 e. The van der Waals surface area contributed by atoms with Gasteiger partial charge in [-0.1, -0.05) is 36.4 Å². The van der Waals surface area contributed by atoms with Crippen LogP contribution in [0, 0.1) is 5.41 Å². The molecule has 6 nitrogen and oxygen atoms in total. The fourth-order valence-electron chi connectivity index (χ4n) is 5.40. The van der Waals surface area contributed by atoms with Gasteiger partial charge >= 0.3 is 0 Å². The molecule has 0 aliphatic carbocycles. The molecule has 4 heterocycles. The Morgan fingerprint density at radius 3 is 2.53 bits per heavy atom. The monoisotopic (exact) mass is 500 g/mol. The van der Waals surface area contributed by atoms with E-state index in [0.29, 0.717) is 5.41 Å². The van der Waals surface area contributed by atoms with Crippen molar-refractivity contribution in [3.8, 4) is 22.3 Å². The number of nitrogens with one attached hydrogen (secondary N) is 1.